The van der Waals surface area contributed by atoms with Crippen molar-refractivity contribution in [3.05, 3.63) is 55.0 Å². The molecule has 0 aliphatic heterocycles. The molecule has 0 radical (unpaired) electrons. The molecule has 0 saturated carbocycles. The predicted octanol–water partition coefficient (Wildman–Crippen LogP) is 1.87. The van der Waals surface area contributed by atoms with Gasteiger partial charge in [0.05, 0.1) is 29.5 Å². The first-order valence-corrected chi connectivity index (χ1v) is 7.69. The van der Waals surface area contributed by atoms with Crippen molar-refractivity contribution in [3.8, 4) is 22.9 Å². The zero-order valence-electron chi connectivity index (χ0n) is 13.7. The summed E-state index contributed by atoms with van der Waals surface area (Å²) in [5.74, 6) is 0.982. The average Bonchev–Trinajstić information content (AvgIpc) is 3.05. The number of hydrogen-bond donors (Lipinski definition) is 1. The summed E-state index contributed by atoms with van der Waals surface area (Å²) < 4.78 is 1.82. The molecule has 0 unspecified atom stereocenters. The van der Waals surface area contributed by atoms with Gasteiger partial charge in [-0.2, -0.15) is 0 Å². The zero-order valence-corrected chi connectivity index (χ0v) is 13.7. The van der Waals surface area contributed by atoms with E-state index in [4.69, 9.17) is 0 Å². The fraction of sp³-hybridized carbons (Fsp3) is 0.176. The van der Waals surface area contributed by atoms with E-state index in [1.54, 1.807) is 57.0 Å². The molecular formula is C17H15N7O. The fourth-order valence-electron chi connectivity index (χ4n) is 2.44. The first-order valence-electron chi connectivity index (χ1n) is 7.69. The van der Waals surface area contributed by atoms with Crippen molar-refractivity contribution in [2.45, 2.75) is 19.4 Å². The zero-order chi connectivity index (χ0) is 17.4. The third kappa shape index (κ3) is 2.83. The Hall–Kier alpha value is -3.26. The molecule has 4 rings (SSSR count). The van der Waals surface area contributed by atoms with Crippen molar-refractivity contribution in [3.63, 3.8) is 0 Å². The second kappa shape index (κ2) is 5.67. The topological polar surface area (TPSA) is 102 Å². The lowest BCUT2D eigenvalue weighted by molar-refractivity contribution is 0.0739. The Morgan fingerprint density at radius 1 is 0.920 bits per heavy atom. The second-order valence-corrected chi connectivity index (χ2v) is 6.04. The van der Waals surface area contributed by atoms with Gasteiger partial charge in [-0.3, -0.25) is 9.38 Å². The van der Waals surface area contributed by atoms with Gasteiger partial charge in [-0.25, -0.2) is 24.9 Å². The quantitative estimate of drug-likeness (QED) is 0.610. The van der Waals surface area contributed by atoms with Crippen LogP contribution in [0.2, 0.25) is 0 Å². The van der Waals surface area contributed by atoms with Gasteiger partial charge in [0.15, 0.2) is 5.82 Å². The van der Waals surface area contributed by atoms with Crippen molar-refractivity contribution < 1.29 is 5.11 Å². The Bertz CT molecular complexity index is 1040. The van der Waals surface area contributed by atoms with Crippen molar-refractivity contribution >= 4 is 5.78 Å². The highest BCUT2D eigenvalue weighted by Gasteiger charge is 2.19. The number of imidazole rings is 1. The van der Waals surface area contributed by atoms with Crippen LogP contribution in [0.3, 0.4) is 0 Å². The smallest absolute Gasteiger partial charge is 0.234 e. The first-order chi connectivity index (χ1) is 12.0. The summed E-state index contributed by atoms with van der Waals surface area (Å²) in [5, 5.41) is 10.1. The molecule has 0 aliphatic rings. The molecule has 25 heavy (non-hydrogen) atoms. The summed E-state index contributed by atoms with van der Waals surface area (Å²) in [6.07, 6.45) is 10.0. The number of rotatable bonds is 3. The third-order valence-corrected chi connectivity index (χ3v) is 3.72. The number of aliphatic hydroxyl groups is 1. The molecule has 0 fully saturated rings. The van der Waals surface area contributed by atoms with Gasteiger partial charge in [0, 0.05) is 24.8 Å². The average molecular weight is 333 g/mol. The Labute approximate surface area is 143 Å². The minimum Gasteiger partial charge on any atom is -0.384 e. The number of hydrogen-bond acceptors (Lipinski definition) is 7. The molecule has 124 valence electrons. The van der Waals surface area contributed by atoms with Crippen LogP contribution in [-0.2, 0) is 5.60 Å². The van der Waals surface area contributed by atoms with Crippen LogP contribution in [0.4, 0.5) is 0 Å². The third-order valence-electron chi connectivity index (χ3n) is 3.72. The van der Waals surface area contributed by atoms with Gasteiger partial charge in [0.2, 0.25) is 5.78 Å². The molecular weight excluding hydrogens is 318 g/mol. The Kier molecular flexibility index (Phi) is 3.47. The molecule has 0 aromatic carbocycles. The lowest BCUT2D eigenvalue weighted by Crippen LogP contribution is -2.18. The van der Waals surface area contributed by atoms with Crippen LogP contribution in [0.5, 0.6) is 0 Å². The minimum atomic E-state index is -1.03. The van der Waals surface area contributed by atoms with Gasteiger partial charge in [-0.1, -0.05) is 0 Å². The van der Waals surface area contributed by atoms with Gasteiger partial charge >= 0.3 is 0 Å². The lowest BCUT2D eigenvalue weighted by Gasteiger charge is -2.16. The van der Waals surface area contributed by atoms with Gasteiger partial charge in [-0.15, -0.1) is 0 Å². The molecule has 4 aromatic heterocycles. The molecule has 8 nitrogen and oxygen atoms in total. The van der Waals surface area contributed by atoms with Crippen LogP contribution in [0.25, 0.3) is 28.7 Å². The van der Waals surface area contributed by atoms with Gasteiger partial charge in [-0.05, 0) is 26.0 Å². The summed E-state index contributed by atoms with van der Waals surface area (Å²) in [7, 11) is 0. The standard InChI is InChI=1S/C17H15N7O/c1-17(2,25)14-4-8-24-13(10-21-16(24)23-14)11-3-5-20-15(22-11)12-9-18-6-7-19-12/h3-10,25H,1-2H3. The Morgan fingerprint density at radius 2 is 1.80 bits per heavy atom. The SMILES string of the molecule is CC(C)(O)c1ccn2c(-c3ccnc(-c4cnccn4)n3)cnc2n1. The van der Waals surface area contributed by atoms with E-state index in [-0.39, 0.29) is 0 Å². The largest absolute Gasteiger partial charge is 0.384 e. The van der Waals surface area contributed by atoms with E-state index in [2.05, 4.69) is 29.9 Å². The van der Waals surface area contributed by atoms with Gasteiger partial charge in [0.25, 0.3) is 0 Å². The van der Waals surface area contributed by atoms with Crippen molar-refractivity contribution in [2.75, 3.05) is 0 Å². The molecule has 0 aliphatic carbocycles. The maximum Gasteiger partial charge on any atom is 0.234 e. The highest BCUT2D eigenvalue weighted by molar-refractivity contribution is 5.61. The number of nitrogens with zero attached hydrogens (tertiary/aromatic N) is 7. The Balaban J connectivity index is 1.80. The van der Waals surface area contributed by atoms with Crippen LogP contribution in [0.15, 0.2) is 49.3 Å². The van der Waals surface area contributed by atoms with Crippen molar-refractivity contribution in [1.29, 1.82) is 0 Å². The molecule has 0 spiro atoms. The van der Waals surface area contributed by atoms with Crippen LogP contribution < -0.4 is 0 Å². The van der Waals surface area contributed by atoms with Gasteiger partial charge < -0.3 is 5.11 Å². The monoisotopic (exact) mass is 333 g/mol. The minimum absolute atomic E-state index is 0.488. The van der Waals surface area contributed by atoms with Crippen LogP contribution in [-0.4, -0.2) is 39.4 Å². The fourth-order valence-corrected chi connectivity index (χ4v) is 2.44. The summed E-state index contributed by atoms with van der Waals surface area (Å²) in [4.78, 5) is 25.8. The summed E-state index contributed by atoms with van der Waals surface area (Å²) in [5.41, 5.74) is 1.60. The molecule has 4 heterocycles. The van der Waals surface area contributed by atoms with Crippen LogP contribution >= 0.6 is 0 Å². The Morgan fingerprint density at radius 3 is 2.56 bits per heavy atom. The number of aromatic nitrogens is 7. The number of fused-ring (bicyclic) bond motifs is 1. The van der Waals surface area contributed by atoms with E-state index >= 15 is 0 Å². The molecule has 1 N–H and O–H groups in total. The van der Waals surface area contributed by atoms with Crippen molar-refractivity contribution in [1.82, 2.24) is 34.3 Å². The molecule has 0 atom stereocenters. The first kappa shape index (κ1) is 15.3. The van der Waals surface area contributed by atoms with E-state index in [0.29, 0.717) is 28.7 Å². The molecule has 4 aromatic rings. The summed E-state index contributed by atoms with van der Waals surface area (Å²) in [6, 6.07) is 3.57. The normalized spacial score (nSPS) is 11.8. The molecule has 0 bridgehead atoms. The van der Waals surface area contributed by atoms with Crippen LogP contribution in [0, 0.1) is 0 Å². The summed E-state index contributed by atoms with van der Waals surface area (Å²) in [6.45, 7) is 3.38. The summed E-state index contributed by atoms with van der Waals surface area (Å²) >= 11 is 0. The van der Waals surface area contributed by atoms with E-state index < -0.39 is 5.60 Å². The molecule has 0 saturated heterocycles. The highest BCUT2D eigenvalue weighted by atomic mass is 16.3. The van der Waals surface area contributed by atoms with E-state index in [1.807, 2.05) is 10.6 Å². The van der Waals surface area contributed by atoms with Gasteiger partial charge in [0.1, 0.15) is 11.3 Å². The maximum absolute atomic E-state index is 10.1. The molecule has 8 heteroatoms. The predicted molar refractivity (Wildman–Crippen MR) is 90.3 cm³/mol. The van der Waals surface area contributed by atoms with E-state index in [1.165, 1.54) is 0 Å². The van der Waals surface area contributed by atoms with E-state index in [0.717, 1.165) is 5.69 Å². The lowest BCUT2D eigenvalue weighted by atomic mass is 10.1. The van der Waals surface area contributed by atoms with E-state index in [9.17, 15) is 5.11 Å². The van der Waals surface area contributed by atoms with Crippen molar-refractivity contribution in [2.24, 2.45) is 0 Å². The highest BCUT2D eigenvalue weighted by Crippen LogP contribution is 2.22. The maximum atomic E-state index is 10.1. The molecule has 0 amide bonds. The van der Waals surface area contributed by atoms with Crippen LogP contribution in [0.1, 0.15) is 19.5 Å². The second-order valence-electron chi connectivity index (χ2n) is 6.04.